The van der Waals surface area contributed by atoms with Crippen molar-refractivity contribution >= 4 is 23.2 Å². The van der Waals surface area contributed by atoms with E-state index in [1.165, 1.54) is 21.5 Å². The molecule has 0 atom stereocenters. The molecule has 0 saturated heterocycles. The molecule has 192 valence electrons. The van der Waals surface area contributed by atoms with Gasteiger partial charge in [-0.2, -0.15) is 0 Å². The first kappa shape index (κ1) is 25.8. The van der Waals surface area contributed by atoms with Crippen molar-refractivity contribution in [3.63, 3.8) is 0 Å². The summed E-state index contributed by atoms with van der Waals surface area (Å²) in [5.41, 5.74) is 1.34. The summed E-state index contributed by atoms with van der Waals surface area (Å²) in [5.74, 6) is 1.81. The van der Waals surface area contributed by atoms with Crippen molar-refractivity contribution in [1.29, 1.82) is 0 Å². The van der Waals surface area contributed by atoms with Gasteiger partial charge >= 0.3 is 197 Å². The fraction of sp³-hybridized carbons (Fsp3) is 0.143. The van der Waals surface area contributed by atoms with Gasteiger partial charge in [0.15, 0.2) is 0 Å². The largest absolute Gasteiger partial charge is 0.0586 e. The van der Waals surface area contributed by atoms with Gasteiger partial charge in [0.1, 0.15) is 0 Å². The summed E-state index contributed by atoms with van der Waals surface area (Å²) in [6.45, 7) is 1.28. The Morgan fingerprint density at radius 1 is 0.421 bits per heavy atom. The van der Waals surface area contributed by atoms with E-state index in [2.05, 4.69) is 115 Å². The number of aryl methyl sites for hydroxylation is 1. The van der Waals surface area contributed by atoms with Crippen LogP contribution in [0.3, 0.4) is 0 Å². The van der Waals surface area contributed by atoms with Crippen LogP contribution in [-0.4, -0.2) is 19.4 Å². The Morgan fingerprint density at radius 3 is 1.26 bits per heavy atom. The second kappa shape index (κ2) is 13.1. The molecule has 5 aromatic carbocycles. The average molecular weight is 519 g/mol. The zero-order valence-electron chi connectivity index (χ0n) is 21.7. The molecule has 0 heterocycles. The third-order valence-electron chi connectivity index (χ3n) is 7.08. The molecule has 3 heteroatoms. The fourth-order valence-corrected chi connectivity index (χ4v) is 9.96. The Balaban J connectivity index is 1.28. The minimum atomic E-state index is -2.22. The van der Waals surface area contributed by atoms with Crippen LogP contribution < -0.4 is 25.4 Å². The smallest absolute Gasteiger partial charge is 0.0200 e. The number of ether oxygens (including phenoxy) is 2. The molecule has 0 N–H and O–H groups in total. The molecule has 5 rings (SSSR count). The SMILES string of the molecule is c1ccc(OCCCOc2ccc(CC[PH](c3ccccc3)(c3ccccc3)c3ccccc3)cc2)cc1. The number of para-hydroxylation sites is 1. The van der Waals surface area contributed by atoms with Crippen molar-refractivity contribution in [3.8, 4) is 11.5 Å². The van der Waals surface area contributed by atoms with Crippen molar-refractivity contribution < 1.29 is 9.47 Å². The van der Waals surface area contributed by atoms with Crippen LogP contribution in [0.1, 0.15) is 12.0 Å². The van der Waals surface area contributed by atoms with Gasteiger partial charge in [-0.25, -0.2) is 0 Å². The number of benzene rings is 5. The van der Waals surface area contributed by atoms with Crippen molar-refractivity contribution in [2.75, 3.05) is 19.4 Å². The average Bonchev–Trinajstić information content (AvgIpc) is 3.00. The molecule has 0 spiro atoms. The minimum Gasteiger partial charge on any atom is -0.0586 e. The van der Waals surface area contributed by atoms with Gasteiger partial charge in [0.25, 0.3) is 0 Å². The molecule has 38 heavy (non-hydrogen) atoms. The van der Waals surface area contributed by atoms with E-state index in [9.17, 15) is 0 Å². The van der Waals surface area contributed by atoms with Crippen LogP contribution in [0.15, 0.2) is 146 Å². The number of rotatable bonds is 12. The van der Waals surface area contributed by atoms with Crippen molar-refractivity contribution in [1.82, 2.24) is 0 Å². The molecule has 0 aliphatic carbocycles. The number of hydrogen-bond donors (Lipinski definition) is 0. The van der Waals surface area contributed by atoms with Crippen LogP contribution >= 0.6 is 7.26 Å². The van der Waals surface area contributed by atoms with Gasteiger partial charge in [-0.05, 0) is 12.1 Å². The molecule has 0 amide bonds. The molecule has 2 nitrogen and oxygen atoms in total. The summed E-state index contributed by atoms with van der Waals surface area (Å²) >= 11 is 0. The predicted octanol–water partition coefficient (Wildman–Crippen LogP) is 6.80. The van der Waals surface area contributed by atoms with Crippen molar-refractivity contribution in [3.05, 3.63) is 151 Å². The predicted molar refractivity (Wildman–Crippen MR) is 164 cm³/mol. The third-order valence-corrected chi connectivity index (χ3v) is 12.0. The Labute approximate surface area is 227 Å². The van der Waals surface area contributed by atoms with Gasteiger partial charge in [0.05, 0.1) is 0 Å². The Morgan fingerprint density at radius 2 is 0.816 bits per heavy atom. The van der Waals surface area contributed by atoms with Crippen LogP contribution in [0.5, 0.6) is 11.5 Å². The Kier molecular flexibility index (Phi) is 8.87. The maximum absolute atomic E-state index is 5.98. The molecule has 0 fully saturated rings. The van der Waals surface area contributed by atoms with Gasteiger partial charge in [0.2, 0.25) is 0 Å². The van der Waals surface area contributed by atoms with E-state index in [1.807, 2.05) is 30.3 Å². The van der Waals surface area contributed by atoms with Gasteiger partial charge in [-0.3, -0.25) is 0 Å². The van der Waals surface area contributed by atoms with Gasteiger partial charge in [-0.1, -0.05) is 18.2 Å². The molecular formula is C35H35O2P. The quantitative estimate of drug-likeness (QED) is 0.134. The van der Waals surface area contributed by atoms with E-state index in [0.29, 0.717) is 13.2 Å². The molecule has 0 unspecified atom stereocenters. The topological polar surface area (TPSA) is 18.5 Å². The molecule has 5 aromatic rings. The molecule has 0 aliphatic heterocycles. The standard InChI is InChI=1S/C35H35O2P/c1-5-14-31(15-6-1)36-27-13-28-37-32-24-22-30(23-25-32)26-29-38(33-16-7-2-8-17-33,34-18-9-3-10-19-34)35-20-11-4-12-21-35/h1-12,14-25,38H,13,26-29H2. The summed E-state index contributed by atoms with van der Waals surface area (Å²) in [7, 11) is -2.22. The van der Waals surface area contributed by atoms with E-state index < -0.39 is 7.26 Å². The van der Waals surface area contributed by atoms with Crippen LogP contribution in [0.4, 0.5) is 0 Å². The first-order valence-corrected chi connectivity index (χ1v) is 15.6. The summed E-state index contributed by atoms with van der Waals surface area (Å²) in [5, 5.41) is 4.36. The second-order valence-electron chi connectivity index (χ2n) is 9.51. The molecular weight excluding hydrogens is 483 g/mol. The van der Waals surface area contributed by atoms with Gasteiger partial charge < -0.3 is 0 Å². The van der Waals surface area contributed by atoms with E-state index in [4.69, 9.17) is 9.47 Å². The van der Waals surface area contributed by atoms with Crippen LogP contribution in [0, 0.1) is 0 Å². The fourth-order valence-electron chi connectivity index (χ4n) is 5.14. The van der Waals surface area contributed by atoms with E-state index in [0.717, 1.165) is 30.5 Å². The van der Waals surface area contributed by atoms with Gasteiger partial charge in [-0.15, -0.1) is 0 Å². The van der Waals surface area contributed by atoms with E-state index in [1.54, 1.807) is 0 Å². The molecule has 0 bridgehead atoms. The van der Waals surface area contributed by atoms with E-state index in [-0.39, 0.29) is 0 Å². The molecule has 0 aromatic heterocycles. The molecule has 0 radical (unpaired) electrons. The summed E-state index contributed by atoms with van der Waals surface area (Å²) in [4.78, 5) is 0. The normalized spacial score (nSPS) is 11.6. The third kappa shape index (κ3) is 6.33. The van der Waals surface area contributed by atoms with Gasteiger partial charge in [0, 0.05) is 0 Å². The first-order valence-electron chi connectivity index (χ1n) is 13.4. The monoisotopic (exact) mass is 518 g/mol. The zero-order chi connectivity index (χ0) is 25.9. The number of hydrogen-bond acceptors (Lipinski definition) is 2. The van der Waals surface area contributed by atoms with Crippen LogP contribution in [0.25, 0.3) is 0 Å². The summed E-state index contributed by atoms with van der Waals surface area (Å²) < 4.78 is 11.7. The minimum absolute atomic E-state index is 0.637. The zero-order valence-corrected chi connectivity index (χ0v) is 22.7. The summed E-state index contributed by atoms with van der Waals surface area (Å²) in [6, 6.07) is 51.9. The Bertz CT molecular complexity index is 1260. The molecule has 0 saturated carbocycles. The maximum Gasteiger partial charge on any atom is -0.0200 e. The molecule has 0 aliphatic rings. The maximum atomic E-state index is 5.98. The second-order valence-corrected chi connectivity index (χ2v) is 13.6. The first-order chi connectivity index (χ1) is 18.8. The van der Waals surface area contributed by atoms with E-state index >= 15 is 0 Å². The Hall–Kier alpha value is -3.87. The van der Waals surface area contributed by atoms with Crippen molar-refractivity contribution in [2.45, 2.75) is 12.8 Å². The van der Waals surface area contributed by atoms with Crippen molar-refractivity contribution in [2.24, 2.45) is 0 Å². The van der Waals surface area contributed by atoms with Crippen LogP contribution in [0.2, 0.25) is 0 Å². The van der Waals surface area contributed by atoms with Crippen LogP contribution in [-0.2, 0) is 6.42 Å². The summed E-state index contributed by atoms with van der Waals surface area (Å²) in [6.07, 6.45) is 2.95.